The van der Waals surface area contributed by atoms with Crippen LogP contribution in [0.3, 0.4) is 0 Å². The molecule has 0 spiro atoms. The molecule has 6 heteroatoms. The van der Waals surface area contributed by atoms with Crippen LogP contribution in [-0.2, 0) is 9.53 Å². The lowest BCUT2D eigenvalue weighted by Gasteiger charge is -2.17. The zero-order valence-electron chi connectivity index (χ0n) is 13.2. The molecule has 2 rings (SSSR count). The number of urea groups is 1. The van der Waals surface area contributed by atoms with Crippen molar-refractivity contribution in [2.45, 2.75) is 13.0 Å². The highest BCUT2D eigenvalue weighted by Crippen LogP contribution is 2.19. The first kappa shape index (κ1) is 17.2. The molecule has 0 fully saturated rings. The maximum Gasteiger partial charge on any atom is 0.339 e. The first-order valence-corrected chi connectivity index (χ1v) is 7.51. The van der Waals surface area contributed by atoms with Crippen molar-refractivity contribution < 1.29 is 19.1 Å². The molecule has 0 bridgehead atoms. The fourth-order valence-corrected chi connectivity index (χ4v) is 2.03. The first-order chi connectivity index (χ1) is 11.6. The molecule has 2 aromatic rings. The molecule has 6 nitrogen and oxygen atoms in total. The molecule has 0 heterocycles. The molecule has 24 heavy (non-hydrogen) atoms. The molecule has 2 N–H and O–H groups in total. The monoisotopic (exact) mass is 326 g/mol. The van der Waals surface area contributed by atoms with Crippen LogP contribution in [-0.4, -0.2) is 24.5 Å². The van der Waals surface area contributed by atoms with Crippen molar-refractivity contribution in [3.05, 3.63) is 71.8 Å². The summed E-state index contributed by atoms with van der Waals surface area (Å²) in [5, 5.41) is 4.63. The van der Waals surface area contributed by atoms with Crippen molar-refractivity contribution in [1.82, 2.24) is 10.6 Å². The van der Waals surface area contributed by atoms with Gasteiger partial charge >= 0.3 is 12.0 Å². The summed E-state index contributed by atoms with van der Waals surface area (Å²) in [6.45, 7) is 2.10. The molecule has 3 amide bonds. The van der Waals surface area contributed by atoms with Gasteiger partial charge in [-0.25, -0.2) is 9.59 Å². The number of hydrogen-bond acceptors (Lipinski definition) is 4. The van der Waals surface area contributed by atoms with Gasteiger partial charge in [0, 0.05) is 12.1 Å². The second-order valence-electron chi connectivity index (χ2n) is 4.91. The summed E-state index contributed by atoms with van der Waals surface area (Å²) in [7, 11) is 0. The maximum absolute atomic E-state index is 12.3. The molecule has 1 atom stereocenters. The summed E-state index contributed by atoms with van der Waals surface area (Å²) in [6, 6.07) is 16.2. The molecular weight excluding hydrogens is 308 g/mol. The SMILES string of the molecule is CCNC(=O)NC(=O)[C@@H](OC(=O)c1ccccc1)c1ccccc1. The van der Waals surface area contributed by atoms with Crippen molar-refractivity contribution in [1.29, 1.82) is 0 Å². The predicted octanol–water partition coefficient (Wildman–Crippen LogP) is 2.43. The van der Waals surface area contributed by atoms with Crippen LogP contribution in [0.5, 0.6) is 0 Å². The molecule has 0 unspecified atom stereocenters. The van der Waals surface area contributed by atoms with Gasteiger partial charge in [-0.2, -0.15) is 0 Å². The van der Waals surface area contributed by atoms with Crippen molar-refractivity contribution in [2.75, 3.05) is 6.54 Å². The Morgan fingerprint density at radius 3 is 2.12 bits per heavy atom. The highest BCUT2D eigenvalue weighted by molar-refractivity contribution is 5.99. The number of nitrogens with one attached hydrogen (secondary N) is 2. The van der Waals surface area contributed by atoms with Crippen LogP contribution in [0.25, 0.3) is 0 Å². The standard InChI is InChI=1S/C18H18N2O4/c1-2-19-18(23)20-16(21)15(13-9-5-3-6-10-13)24-17(22)14-11-7-4-8-12-14/h3-12,15H,2H2,1H3,(H2,19,20,21,23)/t15-/m0/s1. The van der Waals surface area contributed by atoms with Gasteiger partial charge in [-0.15, -0.1) is 0 Å². The van der Waals surface area contributed by atoms with Crippen LogP contribution in [0.1, 0.15) is 28.9 Å². The average Bonchev–Trinajstić information content (AvgIpc) is 2.61. The van der Waals surface area contributed by atoms with Gasteiger partial charge in [0.25, 0.3) is 5.91 Å². The van der Waals surface area contributed by atoms with Crippen LogP contribution < -0.4 is 10.6 Å². The van der Waals surface area contributed by atoms with Gasteiger partial charge in [-0.3, -0.25) is 10.1 Å². The summed E-state index contributed by atoms with van der Waals surface area (Å²) in [6.07, 6.45) is -1.22. The van der Waals surface area contributed by atoms with E-state index >= 15 is 0 Å². The minimum atomic E-state index is -1.22. The Morgan fingerprint density at radius 1 is 0.958 bits per heavy atom. The predicted molar refractivity (Wildman–Crippen MR) is 88.3 cm³/mol. The minimum absolute atomic E-state index is 0.323. The van der Waals surface area contributed by atoms with E-state index in [0.717, 1.165) is 0 Å². The van der Waals surface area contributed by atoms with Crippen LogP contribution in [0.2, 0.25) is 0 Å². The molecule has 0 aliphatic rings. The van der Waals surface area contributed by atoms with Gasteiger partial charge in [-0.05, 0) is 19.1 Å². The van der Waals surface area contributed by atoms with Gasteiger partial charge < -0.3 is 10.1 Å². The largest absolute Gasteiger partial charge is 0.444 e. The quantitative estimate of drug-likeness (QED) is 0.827. The molecule has 0 saturated carbocycles. The van der Waals surface area contributed by atoms with E-state index in [0.29, 0.717) is 17.7 Å². The van der Waals surface area contributed by atoms with Gasteiger partial charge in [0.2, 0.25) is 6.10 Å². The number of carbonyl (C=O) groups excluding carboxylic acids is 3. The normalized spacial score (nSPS) is 11.2. The maximum atomic E-state index is 12.3. The summed E-state index contributed by atoms with van der Waals surface area (Å²) >= 11 is 0. The number of hydrogen-bond donors (Lipinski definition) is 2. The Labute approximate surface area is 139 Å². The van der Waals surface area contributed by atoms with Crippen LogP contribution in [0.15, 0.2) is 60.7 Å². The third-order valence-corrected chi connectivity index (χ3v) is 3.15. The van der Waals surface area contributed by atoms with E-state index < -0.39 is 24.0 Å². The van der Waals surface area contributed by atoms with Crippen LogP contribution >= 0.6 is 0 Å². The molecule has 124 valence electrons. The highest BCUT2D eigenvalue weighted by atomic mass is 16.5. The van der Waals surface area contributed by atoms with E-state index in [2.05, 4.69) is 10.6 Å². The third-order valence-electron chi connectivity index (χ3n) is 3.15. The summed E-state index contributed by atoms with van der Waals surface area (Å²) in [5.41, 5.74) is 0.799. The molecule has 0 aliphatic carbocycles. The molecule has 0 aliphatic heterocycles. The lowest BCUT2D eigenvalue weighted by Crippen LogP contribution is -2.42. The molecule has 0 aromatic heterocycles. The Hall–Kier alpha value is -3.15. The van der Waals surface area contributed by atoms with Crippen LogP contribution in [0.4, 0.5) is 4.79 Å². The number of benzene rings is 2. The smallest absolute Gasteiger partial charge is 0.339 e. The highest BCUT2D eigenvalue weighted by Gasteiger charge is 2.26. The van der Waals surface area contributed by atoms with Gasteiger partial charge in [0.15, 0.2) is 0 Å². The van der Waals surface area contributed by atoms with E-state index in [-0.39, 0.29) is 0 Å². The second-order valence-corrected chi connectivity index (χ2v) is 4.91. The van der Waals surface area contributed by atoms with E-state index in [1.54, 1.807) is 67.6 Å². The number of imide groups is 1. The number of carbonyl (C=O) groups is 3. The number of ether oxygens (including phenoxy) is 1. The van der Waals surface area contributed by atoms with Crippen molar-refractivity contribution in [3.8, 4) is 0 Å². The summed E-state index contributed by atoms with van der Waals surface area (Å²) in [4.78, 5) is 36.1. The average molecular weight is 326 g/mol. The minimum Gasteiger partial charge on any atom is -0.444 e. The van der Waals surface area contributed by atoms with Crippen LogP contribution in [0, 0.1) is 0 Å². The Kier molecular flexibility index (Phi) is 6.08. The molecule has 2 aromatic carbocycles. The van der Waals surface area contributed by atoms with Gasteiger partial charge in [-0.1, -0.05) is 48.5 Å². The number of esters is 1. The van der Waals surface area contributed by atoms with Crippen molar-refractivity contribution in [2.24, 2.45) is 0 Å². The lowest BCUT2D eigenvalue weighted by molar-refractivity contribution is -0.129. The number of amides is 3. The third kappa shape index (κ3) is 4.67. The van der Waals surface area contributed by atoms with Crippen molar-refractivity contribution in [3.63, 3.8) is 0 Å². The Morgan fingerprint density at radius 2 is 1.54 bits per heavy atom. The Balaban J connectivity index is 2.19. The van der Waals surface area contributed by atoms with E-state index in [9.17, 15) is 14.4 Å². The molecule has 0 saturated heterocycles. The summed E-state index contributed by atoms with van der Waals surface area (Å²) < 4.78 is 5.33. The lowest BCUT2D eigenvalue weighted by atomic mass is 10.1. The van der Waals surface area contributed by atoms with E-state index in [1.807, 2.05) is 0 Å². The molecule has 0 radical (unpaired) electrons. The topological polar surface area (TPSA) is 84.5 Å². The van der Waals surface area contributed by atoms with E-state index in [1.165, 1.54) is 0 Å². The van der Waals surface area contributed by atoms with E-state index in [4.69, 9.17) is 4.74 Å². The summed E-state index contributed by atoms with van der Waals surface area (Å²) in [5.74, 6) is -1.35. The van der Waals surface area contributed by atoms with Crippen molar-refractivity contribution >= 4 is 17.9 Å². The van der Waals surface area contributed by atoms with Gasteiger partial charge in [0.1, 0.15) is 0 Å². The zero-order chi connectivity index (χ0) is 17.4. The van der Waals surface area contributed by atoms with Gasteiger partial charge in [0.05, 0.1) is 5.56 Å². The fourth-order valence-electron chi connectivity index (χ4n) is 2.03. The second kappa shape index (κ2) is 8.47. The number of rotatable bonds is 5. The first-order valence-electron chi connectivity index (χ1n) is 7.51. The fraction of sp³-hybridized carbons (Fsp3) is 0.167. The Bertz CT molecular complexity index is 701. The molecular formula is C18H18N2O4. The zero-order valence-corrected chi connectivity index (χ0v) is 13.2.